The van der Waals surface area contributed by atoms with E-state index in [9.17, 15) is 0 Å². The quantitative estimate of drug-likeness (QED) is 0.576. The molecule has 3 aromatic rings. The summed E-state index contributed by atoms with van der Waals surface area (Å²) in [6.45, 7) is 0. The van der Waals surface area contributed by atoms with Crippen LogP contribution in [0.2, 0.25) is 0 Å². The molecule has 0 aliphatic rings. The van der Waals surface area contributed by atoms with Crippen LogP contribution in [0.1, 0.15) is 5.56 Å². The van der Waals surface area contributed by atoms with Gasteiger partial charge >= 0.3 is 0 Å². The summed E-state index contributed by atoms with van der Waals surface area (Å²) in [6.07, 6.45) is 7.16. The van der Waals surface area contributed by atoms with Gasteiger partial charge in [-0.15, -0.1) is 5.10 Å². The van der Waals surface area contributed by atoms with Crippen molar-refractivity contribution in [1.82, 2.24) is 10.2 Å². The monoisotopic (exact) mass is 304 g/mol. The SMILES string of the molecule is COc1ccccc1C=CC=NNc1nncc2ccccc12. The molecule has 0 fully saturated rings. The Hall–Kier alpha value is -3.21. The van der Waals surface area contributed by atoms with E-state index in [-0.39, 0.29) is 0 Å². The van der Waals surface area contributed by atoms with Crippen LogP contribution in [0.4, 0.5) is 5.82 Å². The van der Waals surface area contributed by atoms with E-state index < -0.39 is 0 Å². The number of benzene rings is 2. The number of anilines is 1. The molecule has 114 valence electrons. The molecule has 1 N–H and O–H groups in total. The second kappa shape index (κ2) is 7.17. The van der Waals surface area contributed by atoms with Crippen LogP contribution >= 0.6 is 0 Å². The van der Waals surface area contributed by atoms with Crippen molar-refractivity contribution in [2.45, 2.75) is 0 Å². The second-order valence-corrected chi connectivity index (χ2v) is 4.77. The molecule has 23 heavy (non-hydrogen) atoms. The predicted octanol–water partition coefficient (Wildman–Crippen LogP) is 3.75. The first-order valence-corrected chi connectivity index (χ1v) is 7.17. The number of hydrogen-bond acceptors (Lipinski definition) is 5. The number of allylic oxidation sites excluding steroid dienone is 1. The van der Waals surface area contributed by atoms with Crippen molar-refractivity contribution in [3.8, 4) is 5.75 Å². The molecule has 0 bridgehead atoms. The van der Waals surface area contributed by atoms with Crippen LogP contribution in [0.15, 0.2) is 65.9 Å². The van der Waals surface area contributed by atoms with Crippen LogP contribution in [0, 0.1) is 0 Å². The van der Waals surface area contributed by atoms with Crippen LogP contribution in [0.3, 0.4) is 0 Å². The maximum atomic E-state index is 5.29. The van der Waals surface area contributed by atoms with E-state index in [0.717, 1.165) is 22.1 Å². The Balaban J connectivity index is 1.70. The highest BCUT2D eigenvalue weighted by atomic mass is 16.5. The third kappa shape index (κ3) is 3.52. The highest BCUT2D eigenvalue weighted by Crippen LogP contribution is 2.19. The van der Waals surface area contributed by atoms with Gasteiger partial charge in [-0.2, -0.15) is 10.2 Å². The summed E-state index contributed by atoms with van der Waals surface area (Å²) in [6, 6.07) is 15.7. The zero-order valence-electron chi connectivity index (χ0n) is 12.7. The molecular formula is C18H16N4O. The summed E-state index contributed by atoms with van der Waals surface area (Å²) >= 11 is 0. The van der Waals surface area contributed by atoms with Gasteiger partial charge in [0.15, 0.2) is 5.82 Å². The molecule has 2 aromatic carbocycles. The average molecular weight is 304 g/mol. The number of aromatic nitrogens is 2. The molecule has 1 heterocycles. The summed E-state index contributed by atoms with van der Waals surface area (Å²) in [7, 11) is 1.65. The van der Waals surface area contributed by atoms with E-state index in [0.29, 0.717) is 5.82 Å². The normalized spacial score (nSPS) is 11.3. The van der Waals surface area contributed by atoms with E-state index in [4.69, 9.17) is 4.74 Å². The number of ether oxygens (including phenoxy) is 1. The van der Waals surface area contributed by atoms with E-state index in [1.807, 2.05) is 60.7 Å². The standard InChI is InChI=1S/C18H16N4O/c1-23-17-11-5-3-7-14(17)9-6-12-19-21-18-16-10-4-2-8-15(16)13-20-22-18/h2-13H,1H3,(H,21,22). The zero-order chi connectivity index (χ0) is 15.9. The van der Waals surface area contributed by atoms with E-state index in [2.05, 4.69) is 20.7 Å². The molecule has 0 amide bonds. The molecule has 5 heteroatoms. The number of para-hydroxylation sites is 1. The lowest BCUT2D eigenvalue weighted by Gasteiger charge is -2.03. The van der Waals surface area contributed by atoms with Gasteiger partial charge < -0.3 is 4.74 Å². The van der Waals surface area contributed by atoms with Crippen LogP contribution in [-0.2, 0) is 0 Å². The average Bonchev–Trinajstić information content (AvgIpc) is 2.62. The number of hydrogen-bond donors (Lipinski definition) is 1. The Bertz CT molecular complexity index is 853. The van der Waals surface area contributed by atoms with E-state index >= 15 is 0 Å². The number of nitrogens with zero attached hydrogens (tertiary/aromatic N) is 3. The third-order valence-electron chi connectivity index (χ3n) is 3.32. The summed E-state index contributed by atoms with van der Waals surface area (Å²) in [5.74, 6) is 1.45. The molecule has 0 radical (unpaired) electrons. The highest BCUT2D eigenvalue weighted by molar-refractivity contribution is 5.91. The molecule has 0 aliphatic carbocycles. The lowest BCUT2D eigenvalue weighted by molar-refractivity contribution is 0.414. The van der Waals surface area contributed by atoms with Crippen LogP contribution in [0.5, 0.6) is 5.75 Å². The first-order chi connectivity index (χ1) is 11.4. The summed E-state index contributed by atoms with van der Waals surface area (Å²) < 4.78 is 5.29. The molecule has 0 aliphatic heterocycles. The maximum Gasteiger partial charge on any atom is 0.176 e. The molecule has 0 unspecified atom stereocenters. The van der Waals surface area contributed by atoms with Crippen molar-refractivity contribution in [2.75, 3.05) is 12.5 Å². The van der Waals surface area contributed by atoms with Gasteiger partial charge in [0.2, 0.25) is 0 Å². The molecule has 5 nitrogen and oxygen atoms in total. The van der Waals surface area contributed by atoms with Gasteiger partial charge in [-0.1, -0.05) is 42.5 Å². The van der Waals surface area contributed by atoms with Gasteiger partial charge in [0.25, 0.3) is 0 Å². The molecule has 1 aromatic heterocycles. The van der Waals surface area contributed by atoms with Gasteiger partial charge in [-0.25, -0.2) is 0 Å². The second-order valence-electron chi connectivity index (χ2n) is 4.77. The number of methoxy groups -OCH3 is 1. The number of fused-ring (bicyclic) bond motifs is 1. The maximum absolute atomic E-state index is 5.29. The zero-order valence-corrected chi connectivity index (χ0v) is 12.7. The van der Waals surface area contributed by atoms with Gasteiger partial charge in [-0.05, 0) is 18.2 Å². The van der Waals surface area contributed by atoms with Gasteiger partial charge in [0.05, 0.1) is 13.3 Å². The molecule has 3 rings (SSSR count). The lowest BCUT2D eigenvalue weighted by Crippen LogP contribution is -1.95. The fraction of sp³-hybridized carbons (Fsp3) is 0.0556. The van der Waals surface area contributed by atoms with Crippen molar-refractivity contribution >= 4 is 28.9 Å². The van der Waals surface area contributed by atoms with Gasteiger partial charge in [0.1, 0.15) is 5.75 Å². The van der Waals surface area contributed by atoms with Crippen LogP contribution in [-0.4, -0.2) is 23.5 Å². The number of hydrazone groups is 1. The topological polar surface area (TPSA) is 59.4 Å². The van der Waals surface area contributed by atoms with Crippen molar-refractivity contribution in [3.63, 3.8) is 0 Å². The van der Waals surface area contributed by atoms with Crippen molar-refractivity contribution in [2.24, 2.45) is 5.10 Å². The largest absolute Gasteiger partial charge is 0.496 e. The third-order valence-corrected chi connectivity index (χ3v) is 3.32. The molecule has 0 saturated carbocycles. The Morgan fingerprint density at radius 2 is 1.91 bits per heavy atom. The van der Waals surface area contributed by atoms with Crippen LogP contribution < -0.4 is 10.2 Å². The summed E-state index contributed by atoms with van der Waals surface area (Å²) in [5.41, 5.74) is 3.91. The Morgan fingerprint density at radius 1 is 1.09 bits per heavy atom. The number of rotatable bonds is 5. The fourth-order valence-electron chi connectivity index (χ4n) is 2.20. The van der Waals surface area contributed by atoms with Gasteiger partial charge in [0, 0.05) is 22.6 Å². The highest BCUT2D eigenvalue weighted by Gasteiger charge is 2.00. The Morgan fingerprint density at radius 3 is 2.83 bits per heavy atom. The summed E-state index contributed by atoms with van der Waals surface area (Å²) in [5, 5.41) is 14.2. The Kier molecular flexibility index (Phi) is 4.59. The minimum Gasteiger partial charge on any atom is -0.496 e. The molecule has 0 saturated heterocycles. The van der Waals surface area contributed by atoms with Crippen molar-refractivity contribution < 1.29 is 4.74 Å². The van der Waals surface area contributed by atoms with Gasteiger partial charge in [-0.3, -0.25) is 5.43 Å². The smallest absolute Gasteiger partial charge is 0.176 e. The number of nitrogens with one attached hydrogen (secondary N) is 1. The van der Waals surface area contributed by atoms with Crippen LogP contribution in [0.25, 0.3) is 16.8 Å². The van der Waals surface area contributed by atoms with Crippen molar-refractivity contribution in [3.05, 3.63) is 66.4 Å². The fourth-order valence-corrected chi connectivity index (χ4v) is 2.20. The first-order valence-electron chi connectivity index (χ1n) is 7.17. The summed E-state index contributed by atoms with van der Waals surface area (Å²) in [4.78, 5) is 0. The lowest BCUT2D eigenvalue weighted by atomic mass is 10.2. The first kappa shape index (κ1) is 14.7. The van der Waals surface area contributed by atoms with Crippen molar-refractivity contribution in [1.29, 1.82) is 0 Å². The Labute approximate surface area is 134 Å². The molecule has 0 atom stereocenters. The minimum atomic E-state index is 0.630. The molecule has 0 spiro atoms. The van der Waals surface area contributed by atoms with E-state index in [1.165, 1.54) is 0 Å². The predicted molar refractivity (Wildman–Crippen MR) is 93.7 cm³/mol. The minimum absolute atomic E-state index is 0.630. The molecular weight excluding hydrogens is 288 g/mol. The van der Waals surface area contributed by atoms with E-state index in [1.54, 1.807) is 19.5 Å².